The number of fused-ring (bicyclic) bond motifs is 1. The number of benzene rings is 2. The third kappa shape index (κ3) is 3.51. The molecule has 1 N–H and O–H groups in total. The Bertz CT molecular complexity index is 1050. The molecule has 1 amide bonds. The zero-order chi connectivity index (χ0) is 17.9. The first-order valence-corrected chi connectivity index (χ1v) is 8.84. The lowest BCUT2D eigenvalue weighted by molar-refractivity contribution is 0.102. The highest BCUT2D eigenvalue weighted by Crippen LogP contribution is 2.21. The molecule has 2 heterocycles. The van der Waals surface area contributed by atoms with Crippen molar-refractivity contribution < 1.29 is 9.53 Å². The number of carbonyl (C=O) groups excluding carboxylic acids is 1. The van der Waals surface area contributed by atoms with Gasteiger partial charge in [0.05, 0.1) is 0 Å². The van der Waals surface area contributed by atoms with Crippen LogP contribution in [-0.2, 0) is 6.61 Å². The summed E-state index contributed by atoms with van der Waals surface area (Å²) in [5, 5.41) is 16.3. The number of ether oxygens (including phenoxy) is 1. The number of halogens is 1. The number of aromatic nitrogens is 4. The van der Waals surface area contributed by atoms with Crippen LogP contribution in [-0.4, -0.2) is 25.7 Å². The fourth-order valence-corrected chi connectivity index (χ4v) is 3.11. The average molecular weight is 386 g/mol. The van der Waals surface area contributed by atoms with Crippen molar-refractivity contribution >= 4 is 38.9 Å². The number of amides is 1. The Hall–Kier alpha value is -2.97. The predicted octanol–water partition coefficient (Wildman–Crippen LogP) is 3.67. The van der Waals surface area contributed by atoms with Crippen LogP contribution in [0.15, 0.2) is 54.6 Å². The molecule has 130 valence electrons. The number of hydrogen-bond acceptors (Lipinski definition) is 6. The maximum Gasteiger partial charge on any atom is 0.257 e. The lowest BCUT2D eigenvalue weighted by Gasteiger charge is -2.03. The molecule has 26 heavy (non-hydrogen) atoms. The van der Waals surface area contributed by atoms with Crippen LogP contribution in [0.1, 0.15) is 16.2 Å². The van der Waals surface area contributed by atoms with E-state index in [4.69, 9.17) is 16.3 Å². The standard InChI is InChI=1S/C17H12ClN5O2S/c18-12-6-8-13(9-7-12)25-10-14-20-21-17-23(14)22-16(26-17)19-15(24)11-4-2-1-3-5-11/h1-9H,10H2,(H,19,22,24). The van der Waals surface area contributed by atoms with Crippen molar-refractivity contribution in [1.82, 2.24) is 19.8 Å². The van der Waals surface area contributed by atoms with Crippen LogP contribution in [0.2, 0.25) is 5.02 Å². The van der Waals surface area contributed by atoms with E-state index in [0.717, 1.165) is 0 Å². The molecule has 7 nitrogen and oxygen atoms in total. The Morgan fingerprint density at radius 3 is 2.65 bits per heavy atom. The van der Waals surface area contributed by atoms with Gasteiger partial charge in [-0.15, -0.1) is 15.3 Å². The number of hydrogen-bond donors (Lipinski definition) is 1. The summed E-state index contributed by atoms with van der Waals surface area (Å²) in [6.07, 6.45) is 0. The Morgan fingerprint density at radius 2 is 1.88 bits per heavy atom. The Morgan fingerprint density at radius 1 is 1.12 bits per heavy atom. The first kappa shape index (κ1) is 16.5. The molecule has 4 rings (SSSR count). The molecule has 0 spiro atoms. The molecule has 0 aliphatic heterocycles. The van der Waals surface area contributed by atoms with Crippen LogP contribution in [0, 0.1) is 0 Å². The lowest BCUT2D eigenvalue weighted by atomic mass is 10.2. The molecule has 0 unspecified atom stereocenters. The summed E-state index contributed by atoms with van der Waals surface area (Å²) in [6.45, 7) is 0.193. The van der Waals surface area contributed by atoms with Gasteiger partial charge < -0.3 is 4.74 Å². The number of nitrogens with zero attached hydrogens (tertiary/aromatic N) is 4. The van der Waals surface area contributed by atoms with Crippen molar-refractivity contribution in [3.05, 3.63) is 71.0 Å². The quantitative estimate of drug-likeness (QED) is 0.566. The minimum Gasteiger partial charge on any atom is -0.486 e. The molecule has 0 saturated heterocycles. The third-order valence-corrected chi connectivity index (χ3v) is 4.56. The molecule has 0 aliphatic carbocycles. The smallest absolute Gasteiger partial charge is 0.257 e. The van der Waals surface area contributed by atoms with Crippen molar-refractivity contribution in [2.75, 3.05) is 5.32 Å². The summed E-state index contributed by atoms with van der Waals surface area (Å²) < 4.78 is 7.23. The minimum absolute atomic E-state index is 0.193. The summed E-state index contributed by atoms with van der Waals surface area (Å²) in [5.74, 6) is 0.972. The number of anilines is 1. The first-order chi connectivity index (χ1) is 12.7. The molecular formula is C17H12ClN5O2S. The Kier molecular flexibility index (Phi) is 4.51. The van der Waals surface area contributed by atoms with E-state index in [2.05, 4.69) is 20.6 Å². The largest absolute Gasteiger partial charge is 0.486 e. The van der Waals surface area contributed by atoms with Gasteiger partial charge in [0, 0.05) is 10.6 Å². The van der Waals surface area contributed by atoms with E-state index in [1.807, 2.05) is 6.07 Å². The van der Waals surface area contributed by atoms with Gasteiger partial charge in [0.1, 0.15) is 12.4 Å². The van der Waals surface area contributed by atoms with Crippen molar-refractivity contribution in [3.8, 4) is 5.75 Å². The summed E-state index contributed by atoms with van der Waals surface area (Å²) in [7, 11) is 0. The summed E-state index contributed by atoms with van der Waals surface area (Å²) in [6, 6.07) is 16.0. The van der Waals surface area contributed by atoms with Crippen LogP contribution in [0.4, 0.5) is 5.13 Å². The van der Waals surface area contributed by atoms with Gasteiger partial charge in [-0.3, -0.25) is 10.1 Å². The predicted molar refractivity (Wildman–Crippen MR) is 98.8 cm³/mol. The van der Waals surface area contributed by atoms with Gasteiger partial charge in [-0.25, -0.2) is 0 Å². The number of nitrogens with one attached hydrogen (secondary N) is 1. The van der Waals surface area contributed by atoms with E-state index in [9.17, 15) is 4.79 Å². The van der Waals surface area contributed by atoms with E-state index >= 15 is 0 Å². The molecule has 9 heteroatoms. The highest BCUT2D eigenvalue weighted by atomic mass is 35.5. The van der Waals surface area contributed by atoms with Gasteiger partial charge in [0.15, 0.2) is 5.82 Å². The molecule has 0 radical (unpaired) electrons. The molecule has 4 aromatic rings. The van der Waals surface area contributed by atoms with Gasteiger partial charge in [-0.05, 0) is 36.4 Å². The van der Waals surface area contributed by atoms with Crippen LogP contribution < -0.4 is 10.1 Å². The molecule has 0 saturated carbocycles. The highest BCUT2D eigenvalue weighted by molar-refractivity contribution is 7.20. The summed E-state index contributed by atoms with van der Waals surface area (Å²) in [5.41, 5.74) is 0.560. The first-order valence-electron chi connectivity index (χ1n) is 7.65. The third-order valence-electron chi connectivity index (χ3n) is 3.49. The number of carbonyl (C=O) groups is 1. The molecule has 2 aromatic carbocycles. The van der Waals surface area contributed by atoms with Crippen LogP contribution >= 0.6 is 22.9 Å². The zero-order valence-electron chi connectivity index (χ0n) is 13.3. The molecular weight excluding hydrogens is 374 g/mol. The summed E-state index contributed by atoms with van der Waals surface area (Å²) >= 11 is 7.09. The second kappa shape index (κ2) is 7.11. The average Bonchev–Trinajstić information content (AvgIpc) is 3.22. The Balaban J connectivity index is 1.48. The maximum absolute atomic E-state index is 12.2. The van der Waals surface area contributed by atoms with Crippen LogP contribution in [0.5, 0.6) is 5.75 Å². The molecule has 0 fully saturated rings. The molecule has 0 bridgehead atoms. The van der Waals surface area contributed by atoms with E-state index in [0.29, 0.717) is 32.3 Å². The number of rotatable bonds is 5. The van der Waals surface area contributed by atoms with Gasteiger partial charge in [-0.1, -0.05) is 41.1 Å². The normalized spacial score (nSPS) is 10.8. The SMILES string of the molecule is O=C(Nc1nn2c(COc3ccc(Cl)cc3)nnc2s1)c1ccccc1. The fraction of sp³-hybridized carbons (Fsp3) is 0.0588. The monoisotopic (exact) mass is 385 g/mol. The second-order valence-corrected chi connectivity index (χ2v) is 6.67. The van der Waals surface area contributed by atoms with E-state index in [-0.39, 0.29) is 12.5 Å². The summed E-state index contributed by atoms with van der Waals surface area (Å²) in [4.78, 5) is 12.8. The topological polar surface area (TPSA) is 81.4 Å². The lowest BCUT2D eigenvalue weighted by Crippen LogP contribution is -2.12. The second-order valence-electron chi connectivity index (χ2n) is 5.28. The van der Waals surface area contributed by atoms with Gasteiger partial charge in [0.25, 0.3) is 5.91 Å². The molecule has 0 atom stereocenters. The maximum atomic E-state index is 12.2. The van der Waals surface area contributed by atoms with Gasteiger partial charge in [0.2, 0.25) is 10.1 Å². The van der Waals surface area contributed by atoms with Crippen molar-refractivity contribution in [2.45, 2.75) is 6.61 Å². The van der Waals surface area contributed by atoms with E-state index in [1.165, 1.54) is 11.3 Å². The van der Waals surface area contributed by atoms with E-state index < -0.39 is 0 Å². The molecule has 0 aliphatic rings. The van der Waals surface area contributed by atoms with Crippen molar-refractivity contribution in [3.63, 3.8) is 0 Å². The Labute approximate surface area is 157 Å². The molecule has 2 aromatic heterocycles. The zero-order valence-corrected chi connectivity index (χ0v) is 14.9. The van der Waals surface area contributed by atoms with Crippen LogP contribution in [0.3, 0.4) is 0 Å². The fourth-order valence-electron chi connectivity index (χ4n) is 2.24. The highest BCUT2D eigenvalue weighted by Gasteiger charge is 2.14. The van der Waals surface area contributed by atoms with Gasteiger partial charge >= 0.3 is 0 Å². The van der Waals surface area contributed by atoms with Crippen molar-refractivity contribution in [2.24, 2.45) is 0 Å². The van der Waals surface area contributed by atoms with Crippen molar-refractivity contribution in [1.29, 1.82) is 0 Å². The van der Waals surface area contributed by atoms with Crippen LogP contribution in [0.25, 0.3) is 4.96 Å². The van der Waals surface area contributed by atoms with E-state index in [1.54, 1.807) is 53.0 Å². The van der Waals surface area contributed by atoms with Gasteiger partial charge in [-0.2, -0.15) is 4.52 Å². The minimum atomic E-state index is -0.227.